The first-order chi connectivity index (χ1) is 6.33. The van der Waals surface area contributed by atoms with Crippen molar-refractivity contribution >= 4 is 0 Å². The lowest BCUT2D eigenvalue weighted by molar-refractivity contribution is 0.202. The van der Waals surface area contributed by atoms with Gasteiger partial charge >= 0.3 is 0 Å². The summed E-state index contributed by atoms with van der Waals surface area (Å²) in [6.07, 6.45) is 0. The molecule has 2 saturated heterocycles. The van der Waals surface area contributed by atoms with E-state index in [1.807, 2.05) is 0 Å². The second-order valence-corrected chi connectivity index (χ2v) is 4.36. The van der Waals surface area contributed by atoms with Gasteiger partial charge in [0.15, 0.2) is 0 Å². The van der Waals surface area contributed by atoms with Gasteiger partial charge in [-0.25, -0.2) is 0 Å². The maximum absolute atomic E-state index is 8.84. The average molecular weight is 184 g/mol. The summed E-state index contributed by atoms with van der Waals surface area (Å²) >= 11 is 0. The van der Waals surface area contributed by atoms with Crippen molar-refractivity contribution < 1.29 is 5.11 Å². The molecule has 0 radical (unpaired) electrons. The van der Waals surface area contributed by atoms with Crippen molar-refractivity contribution in [1.29, 1.82) is 0 Å². The van der Waals surface area contributed by atoms with Gasteiger partial charge in [-0.1, -0.05) is 6.92 Å². The Labute approximate surface area is 80.3 Å². The van der Waals surface area contributed by atoms with Gasteiger partial charge in [0.2, 0.25) is 0 Å². The number of hydrogen-bond acceptors (Lipinski definition) is 3. The number of β-amino-alcohol motifs (C(OH)–C–C–N with tert-alkyl or cyclic N) is 1. The predicted molar refractivity (Wildman–Crippen MR) is 52.6 cm³/mol. The molecule has 0 aromatic heterocycles. The fourth-order valence-corrected chi connectivity index (χ4v) is 2.77. The van der Waals surface area contributed by atoms with Crippen LogP contribution in [0.25, 0.3) is 0 Å². The zero-order chi connectivity index (χ0) is 9.26. The monoisotopic (exact) mass is 184 g/mol. The van der Waals surface area contributed by atoms with Crippen molar-refractivity contribution in [3.63, 3.8) is 0 Å². The Morgan fingerprint density at radius 2 is 1.62 bits per heavy atom. The molecule has 0 spiro atoms. The van der Waals surface area contributed by atoms with Gasteiger partial charge in [-0.15, -0.1) is 0 Å². The summed E-state index contributed by atoms with van der Waals surface area (Å²) in [5.41, 5.74) is 0. The Morgan fingerprint density at radius 3 is 2.08 bits per heavy atom. The summed E-state index contributed by atoms with van der Waals surface area (Å²) in [5.74, 6) is 1.76. The van der Waals surface area contributed by atoms with Crippen LogP contribution in [-0.2, 0) is 0 Å². The standard InChI is InChI=1S/C10H20N2O/c1-2-11-5-9-7-12(3-4-13)8-10(9)6-11/h9-10,13H,2-8H2,1H3. The van der Waals surface area contributed by atoms with Gasteiger partial charge in [0.1, 0.15) is 0 Å². The molecule has 2 atom stereocenters. The zero-order valence-electron chi connectivity index (χ0n) is 8.45. The van der Waals surface area contributed by atoms with Crippen molar-refractivity contribution in [3.8, 4) is 0 Å². The lowest BCUT2D eigenvalue weighted by atomic mass is 10.0. The smallest absolute Gasteiger partial charge is 0.0558 e. The summed E-state index contributed by atoms with van der Waals surface area (Å²) < 4.78 is 0. The van der Waals surface area contributed by atoms with Crippen molar-refractivity contribution in [1.82, 2.24) is 9.80 Å². The Bertz CT molecular complexity index is 160. The van der Waals surface area contributed by atoms with Crippen LogP contribution in [0, 0.1) is 11.8 Å². The highest BCUT2D eigenvalue weighted by atomic mass is 16.3. The minimum Gasteiger partial charge on any atom is -0.395 e. The molecule has 2 fully saturated rings. The van der Waals surface area contributed by atoms with Crippen LogP contribution in [0.3, 0.4) is 0 Å². The van der Waals surface area contributed by atoms with Gasteiger partial charge in [0.25, 0.3) is 0 Å². The van der Waals surface area contributed by atoms with Gasteiger partial charge < -0.3 is 14.9 Å². The summed E-state index contributed by atoms with van der Waals surface area (Å²) in [6, 6.07) is 0. The lowest BCUT2D eigenvalue weighted by Gasteiger charge is -2.19. The summed E-state index contributed by atoms with van der Waals surface area (Å²) in [5, 5.41) is 8.84. The number of likely N-dealkylation sites (tertiary alicyclic amines) is 2. The third-order valence-electron chi connectivity index (χ3n) is 3.50. The van der Waals surface area contributed by atoms with Crippen LogP contribution < -0.4 is 0 Å². The molecule has 0 aromatic rings. The topological polar surface area (TPSA) is 26.7 Å². The Morgan fingerprint density at radius 1 is 1.08 bits per heavy atom. The van der Waals surface area contributed by atoms with Gasteiger partial charge in [0.05, 0.1) is 6.61 Å². The van der Waals surface area contributed by atoms with Crippen molar-refractivity contribution in [2.75, 3.05) is 45.9 Å². The van der Waals surface area contributed by atoms with Gasteiger partial charge in [-0.3, -0.25) is 0 Å². The number of aliphatic hydroxyl groups excluding tert-OH is 1. The molecule has 0 aromatic carbocycles. The molecule has 3 heteroatoms. The summed E-state index contributed by atoms with van der Waals surface area (Å²) in [6.45, 7) is 9.62. The Hall–Kier alpha value is -0.120. The van der Waals surface area contributed by atoms with Crippen molar-refractivity contribution in [2.45, 2.75) is 6.92 Å². The molecule has 0 bridgehead atoms. The number of hydrogen-bond donors (Lipinski definition) is 1. The van der Waals surface area contributed by atoms with E-state index in [1.165, 1.54) is 32.7 Å². The largest absolute Gasteiger partial charge is 0.395 e. The zero-order valence-corrected chi connectivity index (χ0v) is 8.45. The maximum Gasteiger partial charge on any atom is 0.0558 e. The van der Waals surface area contributed by atoms with Crippen molar-refractivity contribution in [2.24, 2.45) is 11.8 Å². The molecule has 0 aliphatic carbocycles. The predicted octanol–water partition coefficient (Wildman–Crippen LogP) is -0.138. The third kappa shape index (κ3) is 1.87. The molecule has 2 rings (SSSR count). The number of aliphatic hydroxyl groups is 1. The molecule has 2 aliphatic heterocycles. The van der Waals surface area contributed by atoms with Crippen LogP contribution in [0.5, 0.6) is 0 Å². The van der Waals surface area contributed by atoms with E-state index in [4.69, 9.17) is 5.11 Å². The van der Waals surface area contributed by atoms with Crippen LogP contribution in [0.15, 0.2) is 0 Å². The second-order valence-electron chi connectivity index (χ2n) is 4.36. The van der Waals surface area contributed by atoms with E-state index in [0.29, 0.717) is 6.61 Å². The molecule has 76 valence electrons. The van der Waals surface area contributed by atoms with Crippen LogP contribution in [-0.4, -0.2) is 60.8 Å². The molecule has 13 heavy (non-hydrogen) atoms. The minimum atomic E-state index is 0.316. The minimum absolute atomic E-state index is 0.316. The fourth-order valence-electron chi connectivity index (χ4n) is 2.77. The first-order valence-corrected chi connectivity index (χ1v) is 5.39. The molecule has 1 N–H and O–H groups in total. The van der Waals surface area contributed by atoms with E-state index in [0.717, 1.165) is 18.4 Å². The van der Waals surface area contributed by atoms with E-state index in [-0.39, 0.29) is 0 Å². The highest BCUT2D eigenvalue weighted by Gasteiger charge is 2.38. The second kappa shape index (κ2) is 3.95. The van der Waals surface area contributed by atoms with Gasteiger partial charge in [-0.05, 0) is 18.4 Å². The van der Waals surface area contributed by atoms with Crippen LogP contribution in [0.1, 0.15) is 6.92 Å². The van der Waals surface area contributed by atoms with Gasteiger partial charge in [-0.2, -0.15) is 0 Å². The van der Waals surface area contributed by atoms with E-state index in [1.54, 1.807) is 0 Å². The molecular weight excluding hydrogens is 164 g/mol. The van der Waals surface area contributed by atoms with Crippen LogP contribution in [0.4, 0.5) is 0 Å². The van der Waals surface area contributed by atoms with E-state index >= 15 is 0 Å². The molecule has 2 heterocycles. The highest BCUT2D eigenvalue weighted by Crippen LogP contribution is 2.30. The third-order valence-corrected chi connectivity index (χ3v) is 3.50. The quantitative estimate of drug-likeness (QED) is 0.661. The molecule has 3 nitrogen and oxygen atoms in total. The first kappa shape index (κ1) is 9.44. The Kier molecular flexibility index (Phi) is 2.86. The van der Waals surface area contributed by atoms with E-state index < -0.39 is 0 Å². The molecule has 0 amide bonds. The van der Waals surface area contributed by atoms with Crippen LogP contribution >= 0.6 is 0 Å². The fraction of sp³-hybridized carbons (Fsp3) is 1.00. The van der Waals surface area contributed by atoms with Crippen LogP contribution in [0.2, 0.25) is 0 Å². The van der Waals surface area contributed by atoms with Crippen molar-refractivity contribution in [3.05, 3.63) is 0 Å². The molecule has 2 aliphatic rings. The molecule has 0 saturated carbocycles. The average Bonchev–Trinajstić information content (AvgIpc) is 2.61. The summed E-state index contributed by atoms with van der Waals surface area (Å²) in [7, 11) is 0. The SMILES string of the molecule is CCN1CC2CN(CCO)CC2C1. The van der Waals surface area contributed by atoms with Gasteiger partial charge in [0, 0.05) is 32.7 Å². The normalized spacial score (nSPS) is 35.5. The molecular formula is C10H20N2O. The number of fused-ring (bicyclic) bond motifs is 1. The lowest BCUT2D eigenvalue weighted by Crippen LogP contribution is -2.30. The molecule has 2 unspecified atom stereocenters. The van der Waals surface area contributed by atoms with E-state index in [2.05, 4.69) is 16.7 Å². The Balaban J connectivity index is 1.82. The first-order valence-electron chi connectivity index (χ1n) is 5.39. The highest BCUT2D eigenvalue weighted by molar-refractivity contribution is 4.92. The van der Waals surface area contributed by atoms with E-state index in [9.17, 15) is 0 Å². The number of rotatable bonds is 3. The maximum atomic E-state index is 8.84. The summed E-state index contributed by atoms with van der Waals surface area (Å²) in [4.78, 5) is 4.95. The number of nitrogens with zero attached hydrogens (tertiary/aromatic N) is 2.